The average molecular weight is 230 g/mol. The van der Waals surface area contributed by atoms with E-state index in [9.17, 15) is 4.79 Å². The molecule has 2 N–H and O–H groups in total. The Morgan fingerprint density at radius 2 is 2.12 bits per heavy atom. The Kier molecular flexibility index (Phi) is 3.20. The molecule has 86 valence electrons. The molecule has 0 unspecified atom stereocenters. The van der Waals surface area contributed by atoms with E-state index in [4.69, 9.17) is 0 Å². The van der Waals surface area contributed by atoms with Gasteiger partial charge in [-0.2, -0.15) is 5.10 Å². The second kappa shape index (κ2) is 4.97. The van der Waals surface area contributed by atoms with E-state index in [1.54, 1.807) is 25.4 Å². The predicted octanol–water partition coefficient (Wildman–Crippen LogP) is 0.561. The van der Waals surface area contributed by atoms with Crippen molar-refractivity contribution in [3.05, 3.63) is 36.4 Å². The van der Waals surface area contributed by atoms with Gasteiger partial charge in [0, 0.05) is 18.9 Å². The summed E-state index contributed by atoms with van der Waals surface area (Å²) in [7, 11) is 1.77. The number of hydrogen-bond donors (Lipinski definition) is 2. The van der Waals surface area contributed by atoms with E-state index < -0.39 is 0 Å². The number of nitrogens with zero attached hydrogens (tertiary/aromatic N) is 4. The summed E-state index contributed by atoms with van der Waals surface area (Å²) in [5.74, 6) is -0.232. The lowest BCUT2D eigenvalue weighted by molar-refractivity contribution is 0.102. The smallest absolute Gasteiger partial charge is 0.276 e. The zero-order chi connectivity index (χ0) is 12.1. The Hall–Kier alpha value is -2.57. The van der Waals surface area contributed by atoms with Crippen molar-refractivity contribution in [2.75, 3.05) is 17.7 Å². The van der Waals surface area contributed by atoms with E-state index in [1.165, 1.54) is 12.4 Å². The highest BCUT2D eigenvalue weighted by molar-refractivity contribution is 6.02. The van der Waals surface area contributed by atoms with E-state index >= 15 is 0 Å². The van der Waals surface area contributed by atoms with Crippen molar-refractivity contribution in [2.24, 2.45) is 0 Å². The number of rotatable bonds is 3. The highest BCUT2D eigenvalue weighted by atomic mass is 16.2. The van der Waals surface area contributed by atoms with Crippen LogP contribution in [-0.2, 0) is 0 Å². The van der Waals surface area contributed by atoms with Gasteiger partial charge in [-0.1, -0.05) is 0 Å². The van der Waals surface area contributed by atoms with Crippen LogP contribution in [0.3, 0.4) is 0 Å². The fourth-order valence-electron chi connectivity index (χ4n) is 1.18. The molecular formula is C10H10N6O. The van der Waals surface area contributed by atoms with Crippen LogP contribution in [0.4, 0.5) is 11.6 Å². The van der Waals surface area contributed by atoms with E-state index in [1.807, 2.05) is 0 Å². The summed E-state index contributed by atoms with van der Waals surface area (Å²) in [6.45, 7) is 0. The second-order valence-electron chi connectivity index (χ2n) is 3.10. The first-order valence-electron chi connectivity index (χ1n) is 4.88. The number of anilines is 2. The predicted molar refractivity (Wildman–Crippen MR) is 61.6 cm³/mol. The number of carbonyl (C=O) groups is 1. The molecule has 2 aromatic rings. The number of carbonyl (C=O) groups excluding carboxylic acids is 1. The van der Waals surface area contributed by atoms with Crippen LogP contribution in [0.5, 0.6) is 0 Å². The maximum atomic E-state index is 11.8. The Labute approximate surface area is 97.3 Å². The monoisotopic (exact) mass is 230 g/mol. The summed E-state index contributed by atoms with van der Waals surface area (Å²) in [5.41, 5.74) is 1.08. The first-order chi connectivity index (χ1) is 8.29. The molecule has 0 aliphatic rings. The first-order valence-corrected chi connectivity index (χ1v) is 4.88. The van der Waals surface area contributed by atoms with E-state index in [0.29, 0.717) is 0 Å². The molecule has 7 nitrogen and oxygen atoms in total. The SMILES string of the molecule is CNc1ccnc(C(=O)Nc2nccnn2)c1. The van der Waals surface area contributed by atoms with Gasteiger partial charge < -0.3 is 5.32 Å². The lowest BCUT2D eigenvalue weighted by Crippen LogP contribution is -2.16. The largest absolute Gasteiger partial charge is 0.388 e. The minimum absolute atomic E-state index is 0.147. The molecule has 0 radical (unpaired) electrons. The second-order valence-corrected chi connectivity index (χ2v) is 3.10. The van der Waals surface area contributed by atoms with Crippen LogP contribution >= 0.6 is 0 Å². The summed E-state index contributed by atoms with van der Waals surface area (Å²) in [4.78, 5) is 19.6. The fraction of sp³-hybridized carbons (Fsp3) is 0.100. The van der Waals surface area contributed by atoms with Crippen LogP contribution in [0.25, 0.3) is 0 Å². The van der Waals surface area contributed by atoms with E-state index in [2.05, 4.69) is 30.8 Å². The molecular weight excluding hydrogens is 220 g/mol. The van der Waals surface area contributed by atoms with Crippen LogP contribution in [0.2, 0.25) is 0 Å². The van der Waals surface area contributed by atoms with Crippen molar-refractivity contribution in [3.8, 4) is 0 Å². The Bertz CT molecular complexity index is 515. The summed E-state index contributed by atoms with van der Waals surface area (Å²) in [5, 5.41) is 12.7. The maximum absolute atomic E-state index is 11.8. The molecule has 7 heteroatoms. The molecule has 17 heavy (non-hydrogen) atoms. The maximum Gasteiger partial charge on any atom is 0.276 e. The number of pyridine rings is 1. The third-order valence-corrected chi connectivity index (χ3v) is 1.99. The number of aromatic nitrogens is 4. The lowest BCUT2D eigenvalue weighted by atomic mass is 10.3. The van der Waals surface area contributed by atoms with Gasteiger partial charge in [-0.15, -0.1) is 5.10 Å². The van der Waals surface area contributed by atoms with Crippen LogP contribution in [0.15, 0.2) is 30.7 Å². The number of hydrogen-bond acceptors (Lipinski definition) is 6. The highest BCUT2D eigenvalue weighted by Crippen LogP contribution is 2.07. The summed E-state index contributed by atoms with van der Waals surface area (Å²) < 4.78 is 0. The summed E-state index contributed by atoms with van der Waals surface area (Å²) in [6, 6.07) is 3.39. The van der Waals surface area contributed by atoms with Crippen molar-refractivity contribution in [1.29, 1.82) is 0 Å². The van der Waals surface area contributed by atoms with Crippen LogP contribution in [-0.4, -0.2) is 33.1 Å². The van der Waals surface area contributed by atoms with Crippen molar-refractivity contribution in [1.82, 2.24) is 20.2 Å². The molecule has 0 bridgehead atoms. The van der Waals surface area contributed by atoms with Gasteiger partial charge in [0.2, 0.25) is 5.95 Å². The third-order valence-electron chi connectivity index (χ3n) is 1.99. The summed E-state index contributed by atoms with van der Waals surface area (Å²) in [6.07, 6.45) is 4.42. The van der Waals surface area contributed by atoms with Crippen molar-refractivity contribution in [3.63, 3.8) is 0 Å². The highest BCUT2D eigenvalue weighted by Gasteiger charge is 2.09. The van der Waals surface area contributed by atoms with Gasteiger partial charge in [0.1, 0.15) is 5.69 Å². The minimum Gasteiger partial charge on any atom is -0.388 e. The minimum atomic E-state index is -0.380. The van der Waals surface area contributed by atoms with Gasteiger partial charge in [0.25, 0.3) is 5.91 Å². The number of nitrogens with one attached hydrogen (secondary N) is 2. The Balaban J connectivity index is 2.14. The molecule has 0 saturated carbocycles. The van der Waals surface area contributed by atoms with Crippen LogP contribution < -0.4 is 10.6 Å². The van der Waals surface area contributed by atoms with Crippen molar-refractivity contribution in [2.45, 2.75) is 0 Å². The van der Waals surface area contributed by atoms with E-state index in [-0.39, 0.29) is 17.5 Å². The molecule has 0 aromatic carbocycles. The molecule has 2 heterocycles. The van der Waals surface area contributed by atoms with Gasteiger partial charge in [0.15, 0.2) is 0 Å². The van der Waals surface area contributed by atoms with Crippen LogP contribution in [0, 0.1) is 0 Å². The zero-order valence-corrected chi connectivity index (χ0v) is 9.08. The van der Waals surface area contributed by atoms with Gasteiger partial charge in [-0.25, -0.2) is 4.98 Å². The van der Waals surface area contributed by atoms with Gasteiger partial charge in [-0.3, -0.25) is 15.1 Å². The average Bonchev–Trinajstić information content (AvgIpc) is 2.40. The molecule has 2 rings (SSSR count). The van der Waals surface area contributed by atoms with Gasteiger partial charge >= 0.3 is 0 Å². The van der Waals surface area contributed by atoms with Crippen molar-refractivity contribution >= 4 is 17.5 Å². The van der Waals surface area contributed by atoms with Gasteiger partial charge in [0.05, 0.1) is 12.4 Å². The zero-order valence-electron chi connectivity index (χ0n) is 9.08. The number of amides is 1. The quantitative estimate of drug-likeness (QED) is 0.800. The molecule has 0 aliphatic heterocycles. The normalized spacial score (nSPS) is 9.71. The molecule has 0 spiro atoms. The molecule has 0 atom stereocenters. The molecule has 1 amide bonds. The van der Waals surface area contributed by atoms with E-state index in [0.717, 1.165) is 5.69 Å². The molecule has 0 fully saturated rings. The van der Waals surface area contributed by atoms with Crippen LogP contribution in [0.1, 0.15) is 10.5 Å². The van der Waals surface area contributed by atoms with Gasteiger partial charge in [-0.05, 0) is 12.1 Å². The molecule has 0 aliphatic carbocycles. The first kappa shape index (κ1) is 10.9. The molecule has 0 saturated heterocycles. The fourth-order valence-corrected chi connectivity index (χ4v) is 1.18. The standard InChI is InChI=1S/C10H10N6O/c1-11-7-2-3-12-8(6-7)9(17)15-10-13-4-5-14-16-10/h2-6H,1H3,(H,11,12)(H,13,15,16,17). The Morgan fingerprint density at radius 3 is 2.82 bits per heavy atom. The topological polar surface area (TPSA) is 92.7 Å². The summed E-state index contributed by atoms with van der Waals surface area (Å²) >= 11 is 0. The van der Waals surface area contributed by atoms with Crippen molar-refractivity contribution < 1.29 is 4.79 Å². The molecule has 2 aromatic heterocycles. The lowest BCUT2D eigenvalue weighted by Gasteiger charge is -2.03. The third kappa shape index (κ3) is 2.71. The Morgan fingerprint density at radius 1 is 1.24 bits per heavy atom.